The van der Waals surface area contributed by atoms with E-state index in [2.05, 4.69) is 5.32 Å². The van der Waals surface area contributed by atoms with Crippen molar-refractivity contribution in [2.75, 3.05) is 18.2 Å². The molecule has 0 radical (unpaired) electrons. The van der Waals surface area contributed by atoms with Gasteiger partial charge in [0.05, 0.1) is 6.04 Å². The molecule has 5 rings (SSSR count). The first kappa shape index (κ1) is 19.9. The van der Waals surface area contributed by atoms with Crippen molar-refractivity contribution in [1.82, 2.24) is 14.9 Å². The van der Waals surface area contributed by atoms with Crippen LogP contribution in [-0.2, 0) is 11.3 Å². The Morgan fingerprint density at radius 1 is 0.938 bits per heavy atom. The van der Waals surface area contributed by atoms with Gasteiger partial charge in [0.2, 0.25) is 11.3 Å². The Labute approximate surface area is 184 Å². The van der Waals surface area contributed by atoms with Crippen LogP contribution >= 0.6 is 0 Å². The summed E-state index contributed by atoms with van der Waals surface area (Å²) in [5.41, 5.74) is 2.17. The molecule has 3 aromatic rings. The Hall–Kier alpha value is -4.07. The third-order valence-electron chi connectivity index (χ3n) is 5.98. The van der Waals surface area contributed by atoms with E-state index in [0.29, 0.717) is 6.54 Å². The molecule has 0 fully saturated rings. The minimum absolute atomic E-state index is 0.0955. The molecule has 2 N–H and O–H groups in total. The predicted molar refractivity (Wildman–Crippen MR) is 118 cm³/mol. The first-order valence-electron chi connectivity index (χ1n) is 10.4. The molecule has 2 amide bonds. The first-order chi connectivity index (χ1) is 15.5. The third-order valence-corrected chi connectivity index (χ3v) is 5.98. The van der Waals surface area contributed by atoms with E-state index in [1.165, 1.54) is 17.2 Å². The molecule has 0 saturated carbocycles. The van der Waals surface area contributed by atoms with Gasteiger partial charge in [0, 0.05) is 31.8 Å². The number of nitrogens with zero attached hydrogens (tertiary/aromatic N) is 3. The number of aromatic hydroxyl groups is 1. The van der Waals surface area contributed by atoms with Crippen LogP contribution in [0.2, 0.25) is 0 Å². The Morgan fingerprint density at radius 3 is 2.50 bits per heavy atom. The topological polar surface area (TPSA) is 94.9 Å². The number of carbonyl (C=O) groups is 2. The number of pyridine rings is 1. The molecule has 2 bridgehead atoms. The van der Waals surface area contributed by atoms with E-state index in [4.69, 9.17) is 0 Å². The number of hydrogen-bond donors (Lipinski definition) is 2. The van der Waals surface area contributed by atoms with E-state index in [0.717, 1.165) is 16.7 Å². The van der Waals surface area contributed by atoms with Gasteiger partial charge in [-0.25, -0.2) is 0 Å². The number of amides is 2. The summed E-state index contributed by atoms with van der Waals surface area (Å²) in [6, 6.07) is 18.6. The molecule has 8 nitrogen and oxygen atoms in total. The molecule has 162 valence electrons. The van der Waals surface area contributed by atoms with Crippen molar-refractivity contribution in [3.8, 4) is 5.75 Å². The SMILES string of the molecule is O=C1CCN2CN(C(c3ccccc3)c3ccccc3CN1)n1ccc(=O)c(O)c1C2=O. The van der Waals surface area contributed by atoms with Crippen LogP contribution in [0.25, 0.3) is 0 Å². The van der Waals surface area contributed by atoms with Gasteiger partial charge in [0.15, 0.2) is 11.4 Å². The van der Waals surface area contributed by atoms with Crippen molar-refractivity contribution >= 4 is 11.8 Å². The fourth-order valence-corrected chi connectivity index (χ4v) is 4.39. The van der Waals surface area contributed by atoms with Crippen molar-refractivity contribution in [1.29, 1.82) is 0 Å². The summed E-state index contributed by atoms with van der Waals surface area (Å²) < 4.78 is 1.57. The highest BCUT2D eigenvalue weighted by Crippen LogP contribution is 2.34. The molecule has 0 spiro atoms. The molecule has 2 aliphatic heterocycles. The van der Waals surface area contributed by atoms with E-state index in [1.807, 2.05) is 59.6 Å². The van der Waals surface area contributed by atoms with Gasteiger partial charge in [-0.15, -0.1) is 0 Å². The largest absolute Gasteiger partial charge is 0.502 e. The molecule has 1 aromatic heterocycles. The molecule has 1 atom stereocenters. The monoisotopic (exact) mass is 430 g/mol. The number of hydrogen-bond acceptors (Lipinski definition) is 5. The molecule has 2 aromatic carbocycles. The zero-order valence-corrected chi connectivity index (χ0v) is 17.3. The van der Waals surface area contributed by atoms with Crippen molar-refractivity contribution in [3.63, 3.8) is 0 Å². The molecule has 0 aliphatic carbocycles. The predicted octanol–water partition coefficient (Wildman–Crippen LogP) is 1.71. The Morgan fingerprint density at radius 2 is 1.69 bits per heavy atom. The van der Waals surface area contributed by atoms with Gasteiger partial charge >= 0.3 is 0 Å². The standard InChI is InChI=1S/C24H22N4O4/c29-19-10-13-27-22(23(19)31)24(32)26-12-11-20(30)25-14-17-8-4-5-9-18(17)21(28(27)15-26)16-6-2-1-3-7-16/h1-10,13,21,31H,11-12,14-15H2,(H,25,30). The van der Waals surface area contributed by atoms with Crippen LogP contribution in [0.4, 0.5) is 0 Å². The maximum absolute atomic E-state index is 13.2. The molecule has 2 aliphatic rings. The number of nitrogens with one attached hydrogen (secondary N) is 1. The second kappa shape index (κ2) is 7.88. The summed E-state index contributed by atoms with van der Waals surface area (Å²) in [7, 11) is 0. The van der Waals surface area contributed by atoms with Gasteiger partial charge in [-0.1, -0.05) is 54.6 Å². The normalized spacial score (nSPS) is 18.3. The highest BCUT2D eigenvalue weighted by atomic mass is 16.3. The summed E-state index contributed by atoms with van der Waals surface area (Å²) >= 11 is 0. The van der Waals surface area contributed by atoms with Gasteiger partial charge in [-0.05, 0) is 16.7 Å². The average Bonchev–Trinajstić information content (AvgIpc) is 2.83. The zero-order chi connectivity index (χ0) is 22.2. The van der Waals surface area contributed by atoms with E-state index in [1.54, 1.807) is 4.68 Å². The van der Waals surface area contributed by atoms with Crippen LogP contribution < -0.4 is 15.8 Å². The van der Waals surface area contributed by atoms with Crippen LogP contribution in [0.5, 0.6) is 5.75 Å². The highest BCUT2D eigenvalue weighted by molar-refractivity contribution is 5.96. The quantitative estimate of drug-likeness (QED) is 0.613. The highest BCUT2D eigenvalue weighted by Gasteiger charge is 2.37. The van der Waals surface area contributed by atoms with Gasteiger partial charge < -0.3 is 15.3 Å². The van der Waals surface area contributed by atoms with Crippen LogP contribution in [0.15, 0.2) is 71.7 Å². The molecule has 3 heterocycles. The number of fused-ring (bicyclic) bond motifs is 5. The maximum Gasteiger partial charge on any atom is 0.277 e. The van der Waals surface area contributed by atoms with Crippen molar-refractivity contribution in [3.05, 3.63) is 99.5 Å². The molecule has 32 heavy (non-hydrogen) atoms. The summed E-state index contributed by atoms with van der Waals surface area (Å²) in [4.78, 5) is 39.3. The molecule has 1 unspecified atom stereocenters. The van der Waals surface area contributed by atoms with Gasteiger partial charge in [0.1, 0.15) is 6.67 Å². The van der Waals surface area contributed by atoms with Crippen molar-refractivity contribution in [2.45, 2.75) is 19.0 Å². The van der Waals surface area contributed by atoms with Crippen LogP contribution in [0.1, 0.15) is 39.6 Å². The number of benzene rings is 2. The van der Waals surface area contributed by atoms with E-state index < -0.39 is 17.1 Å². The summed E-state index contributed by atoms with van der Waals surface area (Å²) in [5, 5.41) is 15.4. The first-order valence-corrected chi connectivity index (χ1v) is 10.4. The van der Waals surface area contributed by atoms with E-state index >= 15 is 0 Å². The lowest BCUT2D eigenvalue weighted by Gasteiger charge is -2.44. The Kier molecular flexibility index (Phi) is 4.89. The lowest BCUT2D eigenvalue weighted by molar-refractivity contribution is -0.121. The molecule has 8 heteroatoms. The lowest BCUT2D eigenvalue weighted by atomic mass is 9.93. The average molecular weight is 430 g/mol. The molecular formula is C24H22N4O4. The molecule has 0 saturated heterocycles. The Bertz CT molecular complexity index is 1250. The van der Waals surface area contributed by atoms with Gasteiger partial charge in [0.25, 0.3) is 5.91 Å². The van der Waals surface area contributed by atoms with Gasteiger partial charge in [-0.2, -0.15) is 0 Å². The third kappa shape index (κ3) is 3.30. The van der Waals surface area contributed by atoms with Crippen LogP contribution in [-0.4, -0.2) is 39.7 Å². The second-order valence-electron chi connectivity index (χ2n) is 7.91. The number of rotatable bonds is 1. The summed E-state index contributed by atoms with van der Waals surface area (Å²) in [6.07, 6.45) is 1.64. The zero-order valence-electron chi connectivity index (χ0n) is 17.3. The van der Waals surface area contributed by atoms with E-state index in [9.17, 15) is 19.5 Å². The van der Waals surface area contributed by atoms with Crippen molar-refractivity contribution < 1.29 is 14.7 Å². The van der Waals surface area contributed by atoms with E-state index in [-0.39, 0.29) is 37.3 Å². The summed E-state index contributed by atoms with van der Waals surface area (Å²) in [5.74, 6) is -1.24. The minimum atomic E-state index is -0.620. The van der Waals surface area contributed by atoms with Crippen LogP contribution in [0.3, 0.4) is 0 Å². The smallest absolute Gasteiger partial charge is 0.277 e. The molecular weight excluding hydrogens is 408 g/mol. The summed E-state index contributed by atoms with van der Waals surface area (Å²) in [6.45, 7) is 0.721. The van der Waals surface area contributed by atoms with Gasteiger partial charge in [-0.3, -0.25) is 24.1 Å². The number of carbonyl (C=O) groups excluding carboxylic acids is 2. The fraction of sp³-hybridized carbons (Fsp3) is 0.208. The van der Waals surface area contributed by atoms with Crippen molar-refractivity contribution in [2.24, 2.45) is 0 Å². The minimum Gasteiger partial charge on any atom is -0.502 e. The maximum atomic E-state index is 13.2. The lowest BCUT2D eigenvalue weighted by Crippen LogP contribution is -2.55. The van der Waals surface area contributed by atoms with Crippen LogP contribution in [0, 0.1) is 0 Å². The number of aromatic nitrogens is 1. The Balaban J connectivity index is 1.79. The fourth-order valence-electron chi connectivity index (χ4n) is 4.39. The second-order valence-corrected chi connectivity index (χ2v) is 7.91.